The maximum Gasteiger partial charge on any atom is 0.147 e. The minimum Gasteiger partial charge on any atom is -0.348 e. The first kappa shape index (κ1) is 12.0. The van der Waals surface area contributed by atoms with Crippen LogP contribution in [0.1, 0.15) is 13.8 Å². The molecule has 1 aliphatic rings. The molecular weight excluding hydrogens is 245 g/mol. The molecule has 16 heavy (non-hydrogen) atoms. The third kappa shape index (κ3) is 2.26. The van der Waals surface area contributed by atoms with Crippen LogP contribution >= 0.6 is 23.2 Å². The van der Waals surface area contributed by atoms with Crippen LogP contribution in [0.4, 0.5) is 5.82 Å². The Morgan fingerprint density at radius 3 is 2.81 bits per heavy atom. The summed E-state index contributed by atoms with van der Waals surface area (Å²) in [6, 6.07) is 1.74. The molecule has 0 bridgehead atoms. The van der Waals surface area contributed by atoms with Crippen LogP contribution in [0.5, 0.6) is 0 Å². The summed E-state index contributed by atoms with van der Waals surface area (Å²) in [7, 11) is 0. The molecule has 0 unspecified atom stereocenters. The number of piperazine rings is 1. The number of pyridine rings is 1. The highest BCUT2D eigenvalue weighted by Crippen LogP contribution is 2.31. The van der Waals surface area contributed by atoms with Crippen LogP contribution in [0.2, 0.25) is 10.0 Å². The van der Waals surface area contributed by atoms with Crippen molar-refractivity contribution in [1.82, 2.24) is 10.3 Å². The summed E-state index contributed by atoms with van der Waals surface area (Å²) in [6.45, 7) is 7.12. The van der Waals surface area contributed by atoms with Gasteiger partial charge in [0.15, 0.2) is 0 Å². The van der Waals surface area contributed by atoms with E-state index in [9.17, 15) is 0 Å². The van der Waals surface area contributed by atoms with E-state index >= 15 is 0 Å². The van der Waals surface area contributed by atoms with E-state index in [-0.39, 0.29) is 5.54 Å². The fourth-order valence-corrected chi connectivity index (χ4v) is 2.46. The number of anilines is 1. The lowest BCUT2D eigenvalue weighted by Crippen LogP contribution is -2.58. The molecule has 1 saturated heterocycles. The maximum atomic E-state index is 6.18. The van der Waals surface area contributed by atoms with Crippen LogP contribution in [0.25, 0.3) is 0 Å². The summed E-state index contributed by atoms with van der Waals surface area (Å²) in [5.41, 5.74) is 0.0166. The fraction of sp³-hybridized carbons (Fsp3) is 0.545. The molecule has 0 amide bonds. The van der Waals surface area contributed by atoms with E-state index < -0.39 is 0 Å². The van der Waals surface area contributed by atoms with Crippen LogP contribution in [0.15, 0.2) is 12.3 Å². The average Bonchev–Trinajstić information content (AvgIpc) is 2.19. The smallest absolute Gasteiger partial charge is 0.147 e. The summed E-state index contributed by atoms with van der Waals surface area (Å²) in [4.78, 5) is 6.56. The van der Waals surface area contributed by atoms with Crippen LogP contribution in [-0.4, -0.2) is 30.2 Å². The molecule has 88 valence electrons. The van der Waals surface area contributed by atoms with E-state index in [0.717, 1.165) is 25.5 Å². The van der Waals surface area contributed by atoms with Gasteiger partial charge in [0.2, 0.25) is 0 Å². The molecule has 0 spiro atoms. The van der Waals surface area contributed by atoms with Gasteiger partial charge in [0.25, 0.3) is 0 Å². The topological polar surface area (TPSA) is 28.2 Å². The van der Waals surface area contributed by atoms with Crippen LogP contribution in [0, 0.1) is 0 Å². The van der Waals surface area contributed by atoms with Crippen LogP contribution in [-0.2, 0) is 0 Å². The average molecular weight is 260 g/mol. The Labute approximate surface area is 106 Å². The number of halogens is 2. The van der Waals surface area contributed by atoms with Gasteiger partial charge in [-0.05, 0) is 19.9 Å². The Morgan fingerprint density at radius 2 is 2.19 bits per heavy atom. The van der Waals surface area contributed by atoms with Gasteiger partial charge in [0, 0.05) is 31.4 Å². The second-order valence-electron chi connectivity index (χ2n) is 4.60. The maximum absolute atomic E-state index is 6.18. The molecule has 1 N–H and O–H groups in total. The van der Waals surface area contributed by atoms with Gasteiger partial charge in [-0.2, -0.15) is 0 Å². The van der Waals surface area contributed by atoms with Crippen molar-refractivity contribution < 1.29 is 0 Å². The molecule has 3 nitrogen and oxygen atoms in total. The van der Waals surface area contributed by atoms with Gasteiger partial charge in [-0.1, -0.05) is 23.2 Å². The predicted molar refractivity (Wildman–Crippen MR) is 68.6 cm³/mol. The molecule has 0 saturated carbocycles. The van der Waals surface area contributed by atoms with E-state index in [1.54, 1.807) is 12.3 Å². The van der Waals surface area contributed by atoms with Crippen molar-refractivity contribution in [1.29, 1.82) is 0 Å². The van der Waals surface area contributed by atoms with Crippen molar-refractivity contribution in [2.24, 2.45) is 0 Å². The van der Waals surface area contributed by atoms with Gasteiger partial charge >= 0.3 is 0 Å². The summed E-state index contributed by atoms with van der Waals surface area (Å²) in [5, 5.41) is 4.55. The molecule has 0 aromatic carbocycles. The molecule has 2 heterocycles. The number of rotatable bonds is 1. The lowest BCUT2D eigenvalue weighted by atomic mass is 10.0. The van der Waals surface area contributed by atoms with E-state index in [1.807, 2.05) is 0 Å². The number of nitrogens with one attached hydrogen (secondary N) is 1. The van der Waals surface area contributed by atoms with Gasteiger partial charge < -0.3 is 10.2 Å². The molecule has 0 atom stereocenters. The molecular formula is C11H15Cl2N3. The Bertz CT molecular complexity index is 393. The molecule has 1 aromatic heterocycles. The van der Waals surface area contributed by atoms with E-state index in [2.05, 4.69) is 29.0 Å². The monoisotopic (exact) mass is 259 g/mol. The fourth-order valence-electron chi connectivity index (χ4n) is 1.98. The predicted octanol–water partition coefficient (Wildman–Crippen LogP) is 2.58. The molecule has 1 aromatic rings. The highest BCUT2D eigenvalue weighted by Gasteiger charge is 2.31. The zero-order valence-corrected chi connectivity index (χ0v) is 10.9. The molecule has 0 radical (unpaired) electrons. The largest absolute Gasteiger partial charge is 0.348 e. The van der Waals surface area contributed by atoms with Gasteiger partial charge in [-0.25, -0.2) is 4.98 Å². The zero-order valence-electron chi connectivity index (χ0n) is 9.43. The molecule has 1 aliphatic heterocycles. The van der Waals surface area contributed by atoms with Gasteiger partial charge in [-0.3, -0.25) is 0 Å². The number of hydrogen-bond donors (Lipinski definition) is 1. The van der Waals surface area contributed by atoms with Crippen molar-refractivity contribution >= 4 is 29.0 Å². The van der Waals surface area contributed by atoms with Gasteiger partial charge in [0.1, 0.15) is 5.82 Å². The van der Waals surface area contributed by atoms with E-state index in [0.29, 0.717) is 10.0 Å². The first-order valence-electron chi connectivity index (χ1n) is 5.30. The first-order valence-corrected chi connectivity index (χ1v) is 6.06. The third-order valence-corrected chi connectivity index (χ3v) is 3.33. The number of nitrogens with zero attached hydrogens (tertiary/aromatic N) is 2. The summed E-state index contributed by atoms with van der Waals surface area (Å²) in [5.74, 6) is 0.817. The quantitative estimate of drug-likeness (QED) is 0.841. The number of hydrogen-bond acceptors (Lipinski definition) is 3. The summed E-state index contributed by atoms with van der Waals surface area (Å²) >= 11 is 12.0. The van der Waals surface area contributed by atoms with Gasteiger partial charge in [-0.15, -0.1) is 0 Å². The van der Waals surface area contributed by atoms with Crippen LogP contribution < -0.4 is 10.2 Å². The normalized spacial score (nSPS) is 19.9. The molecule has 0 aliphatic carbocycles. The van der Waals surface area contributed by atoms with Crippen molar-refractivity contribution in [2.75, 3.05) is 24.5 Å². The highest BCUT2D eigenvalue weighted by atomic mass is 35.5. The number of aromatic nitrogens is 1. The SMILES string of the molecule is CC1(C)CNCCN1c1ncc(Cl)cc1Cl. The molecule has 1 fully saturated rings. The Balaban J connectivity index is 2.35. The standard InChI is InChI=1S/C11H15Cl2N3/c1-11(2)7-14-3-4-16(11)10-9(13)5-8(12)6-15-10/h5-6,14H,3-4,7H2,1-2H3. The first-order chi connectivity index (χ1) is 7.50. The molecule has 2 rings (SSSR count). The highest BCUT2D eigenvalue weighted by molar-refractivity contribution is 6.36. The second kappa shape index (κ2) is 4.40. The van der Waals surface area contributed by atoms with E-state index in [4.69, 9.17) is 23.2 Å². The van der Waals surface area contributed by atoms with Crippen molar-refractivity contribution in [2.45, 2.75) is 19.4 Å². The van der Waals surface area contributed by atoms with E-state index in [1.165, 1.54) is 0 Å². The Hall–Kier alpha value is -0.510. The minimum atomic E-state index is 0.0166. The zero-order chi connectivity index (χ0) is 11.8. The second-order valence-corrected chi connectivity index (χ2v) is 5.44. The lowest BCUT2D eigenvalue weighted by molar-refractivity contribution is 0.378. The Morgan fingerprint density at radius 1 is 1.44 bits per heavy atom. The van der Waals surface area contributed by atoms with Crippen molar-refractivity contribution in [3.05, 3.63) is 22.3 Å². The van der Waals surface area contributed by atoms with Crippen molar-refractivity contribution in [3.63, 3.8) is 0 Å². The summed E-state index contributed by atoms with van der Waals surface area (Å²) in [6.07, 6.45) is 1.64. The summed E-state index contributed by atoms with van der Waals surface area (Å²) < 4.78 is 0. The van der Waals surface area contributed by atoms with Crippen molar-refractivity contribution in [3.8, 4) is 0 Å². The lowest BCUT2D eigenvalue weighted by Gasteiger charge is -2.43. The van der Waals surface area contributed by atoms with Gasteiger partial charge in [0.05, 0.1) is 10.0 Å². The van der Waals surface area contributed by atoms with Crippen LogP contribution in [0.3, 0.4) is 0 Å². The molecule has 5 heteroatoms. The Kier molecular flexibility index (Phi) is 3.29. The minimum absolute atomic E-state index is 0.0166. The third-order valence-electron chi connectivity index (χ3n) is 2.84.